The zero-order valence-electron chi connectivity index (χ0n) is 11.3. The Morgan fingerprint density at radius 3 is 2.79 bits per heavy atom. The van der Waals surface area contributed by atoms with Crippen LogP contribution in [-0.4, -0.2) is 37.3 Å². The zero-order chi connectivity index (χ0) is 14.0. The molecule has 6 heteroatoms. The summed E-state index contributed by atoms with van der Waals surface area (Å²) in [7, 11) is -1.73. The van der Waals surface area contributed by atoms with Crippen molar-refractivity contribution in [3.05, 3.63) is 29.3 Å². The third-order valence-electron chi connectivity index (χ3n) is 3.64. The minimum Gasteiger partial charge on any atom is -0.326 e. The SMILES string of the molecule is Cc1ccc(S(=O)(=O)N(C)C2CCSC2)cc1CN. The zero-order valence-corrected chi connectivity index (χ0v) is 12.9. The Hall–Kier alpha value is -0.560. The van der Waals surface area contributed by atoms with Gasteiger partial charge in [0.05, 0.1) is 4.90 Å². The summed E-state index contributed by atoms with van der Waals surface area (Å²) in [5.74, 6) is 1.91. The fourth-order valence-corrected chi connectivity index (χ4v) is 5.00. The summed E-state index contributed by atoms with van der Waals surface area (Å²) < 4.78 is 26.7. The molecule has 19 heavy (non-hydrogen) atoms. The molecular weight excluding hydrogens is 280 g/mol. The van der Waals surface area contributed by atoms with Gasteiger partial charge in [0.25, 0.3) is 0 Å². The van der Waals surface area contributed by atoms with Crippen LogP contribution in [0, 0.1) is 6.92 Å². The Balaban J connectivity index is 2.33. The third-order valence-corrected chi connectivity index (χ3v) is 6.69. The van der Waals surface area contributed by atoms with Crippen LogP contribution in [0.3, 0.4) is 0 Å². The van der Waals surface area contributed by atoms with Crippen LogP contribution in [0.15, 0.2) is 23.1 Å². The first-order chi connectivity index (χ1) is 8.96. The van der Waals surface area contributed by atoms with Gasteiger partial charge in [-0.25, -0.2) is 8.42 Å². The summed E-state index contributed by atoms with van der Waals surface area (Å²) >= 11 is 1.81. The van der Waals surface area contributed by atoms with Gasteiger partial charge in [-0.15, -0.1) is 0 Å². The van der Waals surface area contributed by atoms with Gasteiger partial charge in [0.1, 0.15) is 0 Å². The first-order valence-corrected chi connectivity index (χ1v) is 8.91. The molecule has 0 bridgehead atoms. The predicted octanol–water partition coefficient (Wildman–Crippen LogP) is 1.58. The van der Waals surface area contributed by atoms with Crippen LogP contribution in [0.4, 0.5) is 0 Å². The molecule has 106 valence electrons. The van der Waals surface area contributed by atoms with Crippen molar-refractivity contribution in [1.29, 1.82) is 0 Å². The molecule has 1 aliphatic rings. The smallest absolute Gasteiger partial charge is 0.243 e. The maximum absolute atomic E-state index is 12.6. The third kappa shape index (κ3) is 2.97. The lowest BCUT2D eigenvalue weighted by Crippen LogP contribution is -2.37. The summed E-state index contributed by atoms with van der Waals surface area (Å²) in [4.78, 5) is 0.345. The second-order valence-corrected chi connectivity index (χ2v) is 7.98. The highest BCUT2D eigenvalue weighted by molar-refractivity contribution is 7.99. The maximum atomic E-state index is 12.6. The van der Waals surface area contributed by atoms with Crippen LogP contribution in [0.1, 0.15) is 17.5 Å². The molecule has 0 aliphatic carbocycles. The lowest BCUT2D eigenvalue weighted by Gasteiger charge is -2.23. The largest absolute Gasteiger partial charge is 0.326 e. The second kappa shape index (κ2) is 5.83. The average Bonchev–Trinajstić information content (AvgIpc) is 2.91. The number of hydrogen-bond acceptors (Lipinski definition) is 4. The number of rotatable bonds is 4. The minimum absolute atomic E-state index is 0.109. The standard InChI is InChI=1S/C13H20N2O2S2/c1-10-3-4-13(7-11(10)8-14)19(16,17)15(2)12-5-6-18-9-12/h3-4,7,12H,5-6,8-9,14H2,1-2H3. The lowest BCUT2D eigenvalue weighted by atomic mass is 10.1. The van der Waals surface area contributed by atoms with Crippen molar-refractivity contribution in [2.24, 2.45) is 5.73 Å². The number of nitrogens with zero attached hydrogens (tertiary/aromatic N) is 1. The van der Waals surface area contributed by atoms with Gasteiger partial charge >= 0.3 is 0 Å². The van der Waals surface area contributed by atoms with Gasteiger partial charge < -0.3 is 5.73 Å². The van der Waals surface area contributed by atoms with E-state index >= 15 is 0 Å². The molecule has 0 saturated carbocycles. The molecule has 1 aliphatic heterocycles. The van der Waals surface area contributed by atoms with Gasteiger partial charge in [-0.1, -0.05) is 6.07 Å². The van der Waals surface area contributed by atoms with Gasteiger partial charge in [-0.05, 0) is 42.4 Å². The van der Waals surface area contributed by atoms with Gasteiger partial charge in [0.15, 0.2) is 0 Å². The predicted molar refractivity (Wildman–Crippen MR) is 79.7 cm³/mol. The Labute approximate surface area is 119 Å². The molecule has 1 atom stereocenters. The van der Waals surface area contributed by atoms with Crippen LogP contribution >= 0.6 is 11.8 Å². The molecule has 1 unspecified atom stereocenters. The van der Waals surface area contributed by atoms with Crippen molar-refractivity contribution in [2.75, 3.05) is 18.6 Å². The molecule has 2 rings (SSSR count). The van der Waals surface area contributed by atoms with Crippen molar-refractivity contribution >= 4 is 21.8 Å². The lowest BCUT2D eigenvalue weighted by molar-refractivity contribution is 0.394. The van der Waals surface area contributed by atoms with E-state index in [1.165, 1.54) is 4.31 Å². The van der Waals surface area contributed by atoms with E-state index < -0.39 is 10.0 Å². The highest BCUT2D eigenvalue weighted by Crippen LogP contribution is 2.27. The highest BCUT2D eigenvalue weighted by atomic mass is 32.2. The normalized spacial score (nSPS) is 20.1. The van der Waals surface area contributed by atoms with Crippen LogP contribution < -0.4 is 5.73 Å². The molecule has 4 nitrogen and oxygen atoms in total. The monoisotopic (exact) mass is 300 g/mol. The average molecular weight is 300 g/mol. The van der Waals surface area contributed by atoms with Crippen LogP contribution in [0.25, 0.3) is 0 Å². The minimum atomic E-state index is -3.41. The summed E-state index contributed by atoms with van der Waals surface area (Å²) in [6.07, 6.45) is 0.927. The number of aryl methyl sites for hydroxylation is 1. The van der Waals surface area contributed by atoms with Crippen molar-refractivity contribution in [1.82, 2.24) is 4.31 Å². The van der Waals surface area contributed by atoms with E-state index in [0.717, 1.165) is 29.1 Å². The highest BCUT2D eigenvalue weighted by Gasteiger charge is 2.30. The van der Waals surface area contributed by atoms with Crippen molar-refractivity contribution in [3.63, 3.8) is 0 Å². The van der Waals surface area contributed by atoms with Crippen molar-refractivity contribution in [3.8, 4) is 0 Å². The van der Waals surface area contributed by atoms with Gasteiger partial charge in [0.2, 0.25) is 10.0 Å². The molecule has 0 radical (unpaired) electrons. The van der Waals surface area contributed by atoms with Gasteiger partial charge in [-0.2, -0.15) is 16.1 Å². The quantitative estimate of drug-likeness (QED) is 0.917. The Kier molecular flexibility index (Phi) is 4.55. The van der Waals surface area contributed by atoms with E-state index in [1.54, 1.807) is 30.9 Å². The van der Waals surface area contributed by atoms with Gasteiger partial charge in [-0.3, -0.25) is 0 Å². The molecule has 1 saturated heterocycles. The molecule has 0 spiro atoms. The van der Waals surface area contributed by atoms with E-state index in [9.17, 15) is 8.42 Å². The first-order valence-electron chi connectivity index (χ1n) is 6.32. The van der Waals surface area contributed by atoms with Crippen molar-refractivity contribution in [2.45, 2.75) is 30.8 Å². The number of thioether (sulfide) groups is 1. The summed E-state index contributed by atoms with van der Waals surface area (Å²) in [6.45, 7) is 2.30. The summed E-state index contributed by atoms with van der Waals surface area (Å²) in [5, 5.41) is 0. The number of sulfonamides is 1. The van der Waals surface area contributed by atoms with E-state index in [4.69, 9.17) is 5.73 Å². The van der Waals surface area contributed by atoms with E-state index in [-0.39, 0.29) is 6.04 Å². The molecule has 1 aromatic carbocycles. The summed E-state index contributed by atoms with van der Waals surface area (Å²) in [5.41, 5.74) is 7.56. The molecule has 1 aromatic rings. The number of benzene rings is 1. The summed E-state index contributed by atoms with van der Waals surface area (Å²) in [6, 6.07) is 5.30. The van der Waals surface area contributed by atoms with E-state index in [0.29, 0.717) is 11.4 Å². The van der Waals surface area contributed by atoms with Crippen LogP contribution in [-0.2, 0) is 16.6 Å². The van der Waals surface area contributed by atoms with Crippen molar-refractivity contribution < 1.29 is 8.42 Å². The van der Waals surface area contributed by atoms with E-state index in [1.807, 2.05) is 13.0 Å². The Morgan fingerprint density at radius 1 is 1.47 bits per heavy atom. The Morgan fingerprint density at radius 2 is 2.21 bits per heavy atom. The molecule has 1 fully saturated rings. The number of hydrogen-bond donors (Lipinski definition) is 1. The fourth-order valence-electron chi connectivity index (χ4n) is 2.20. The Bertz CT molecular complexity index is 552. The number of nitrogens with two attached hydrogens (primary N) is 1. The molecule has 2 N–H and O–H groups in total. The maximum Gasteiger partial charge on any atom is 0.243 e. The molecule has 0 amide bonds. The van der Waals surface area contributed by atoms with Crippen LogP contribution in [0.2, 0.25) is 0 Å². The molecule has 0 aromatic heterocycles. The molecular formula is C13H20N2O2S2. The van der Waals surface area contributed by atoms with E-state index in [2.05, 4.69) is 0 Å². The first kappa shape index (κ1) is 14.8. The van der Waals surface area contributed by atoms with Gasteiger partial charge in [0, 0.05) is 25.4 Å². The fraction of sp³-hybridized carbons (Fsp3) is 0.538. The molecule has 1 heterocycles. The van der Waals surface area contributed by atoms with Crippen LogP contribution in [0.5, 0.6) is 0 Å². The second-order valence-electron chi connectivity index (χ2n) is 4.83. The topological polar surface area (TPSA) is 63.4 Å².